The van der Waals surface area contributed by atoms with Crippen molar-refractivity contribution in [1.29, 1.82) is 0 Å². The molecule has 0 radical (unpaired) electrons. The van der Waals surface area contributed by atoms with Crippen molar-refractivity contribution >= 4 is 0 Å². The quantitative estimate of drug-likeness (QED) is 0.138. The van der Waals surface area contributed by atoms with Gasteiger partial charge in [0.1, 0.15) is 6.54 Å². The van der Waals surface area contributed by atoms with E-state index in [0.29, 0.717) is 14.1 Å². The molecule has 21 heteroatoms. The van der Waals surface area contributed by atoms with Crippen molar-refractivity contribution in [2.75, 3.05) is 27.2 Å². The highest BCUT2D eigenvalue weighted by atomic mass is 19.4. The monoisotopic (exact) mass is 616 g/mol. The number of hydrogen-bond donors (Lipinski definition) is 0. The van der Waals surface area contributed by atoms with E-state index in [1.165, 1.54) is 6.92 Å². The van der Waals surface area contributed by atoms with Gasteiger partial charge in [0.05, 0.1) is 20.6 Å². The number of alkyl halides is 20. The number of nitrogens with zero attached hydrogens (tertiary/aromatic N) is 1. The first-order valence-electron chi connectivity index (χ1n) is 9.71. The summed E-state index contributed by atoms with van der Waals surface area (Å²) < 4.78 is 267. The molecule has 1 nitrogen and oxygen atoms in total. The number of halogens is 20. The molecule has 0 aliphatic heterocycles. The molecular formula is C17H18F20N+. The van der Waals surface area contributed by atoms with Crippen LogP contribution in [-0.4, -0.2) is 91.4 Å². The molecule has 38 heavy (non-hydrogen) atoms. The highest BCUT2D eigenvalue weighted by molar-refractivity contribution is 5.17. The maximum absolute atomic E-state index is 14.0. The minimum absolute atomic E-state index is 0.0992. The Morgan fingerprint density at radius 1 is 0.500 bits per heavy atom. The van der Waals surface area contributed by atoms with Crippen LogP contribution >= 0.6 is 0 Å². The SMILES string of the molecule is CCCC[N+](C)(C)CC(F)(F)C(F)(F)C(F)(F)C(F)(F)C(F)(F)C(F)(F)C(F)(F)C(F)(F)C(F)(F)C(F)F. The maximum Gasteiger partial charge on any atom is 0.385 e. The Morgan fingerprint density at radius 2 is 0.789 bits per heavy atom. The molecule has 0 aromatic carbocycles. The molecule has 0 unspecified atom stereocenters. The Kier molecular flexibility index (Phi) is 9.51. The van der Waals surface area contributed by atoms with Crippen LogP contribution in [0.3, 0.4) is 0 Å². The van der Waals surface area contributed by atoms with Gasteiger partial charge in [-0.15, -0.1) is 0 Å². The summed E-state index contributed by atoms with van der Waals surface area (Å²) in [4.78, 5) is 0. The number of hydrogen-bond acceptors (Lipinski definition) is 0. The van der Waals surface area contributed by atoms with E-state index in [4.69, 9.17) is 0 Å². The maximum atomic E-state index is 14.0. The lowest BCUT2D eigenvalue weighted by atomic mass is 9.86. The second-order valence-corrected chi connectivity index (χ2v) is 8.82. The first kappa shape index (κ1) is 36.6. The van der Waals surface area contributed by atoms with Crippen LogP contribution < -0.4 is 0 Å². The van der Waals surface area contributed by atoms with Crippen LogP contribution in [0.5, 0.6) is 0 Å². The third kappa shape index (κ3) is 5.08. The highest BCUT2D eigenvalue weighted by Gasteiger charge is 2.97. The Morgan fingerprint density at radius 3 is 1.08 bits per heavy atom. The van der Waals surface area contributed by atoms with Gasteiger partial charge < -0.3 is 4.48 Å². The van der Waals surface area contributed by atoms with Gasteiger partial charge in [-0.3, -0.25) is 0 Å². The summed E-state index contributed by atoms with van der Waals surface area (Å²) in [6.07, 6.45) is -6.02. The molecule has 0 aromatic rings. The summed E-state index contributed by atoms with van der Waals surface area (Å²) >= 11 is 0. The largest absolute Gasteiger partial charge is 0.385 e. The van der Waals surface area contributed by atoms with E-state index in [1.807, 2.05) is 0 Å². The molecule has 0 fully saturated rings. The average Bonchev–Trinajstić information content (AvgIpc) is 2.70. The lowest BCUT2D eigenvalue weighted by Gasteiger charge is -2.45. The van der Waals surface area contributed by atoms with Crippen molar-refractivity contribution in [3.63, 3.8) is 0 Å². The summed E-state index contributed by atoms with van der Waals surface area (Å²) in [5, 5.41) is 0. The molecule has 0 bridgehead atoms. The van der Waals surface area contributed by atoms with Gasteiger partial charge in [0.25, 0.3) is 0 Å². The van der Waals surface area contributed by atoms with Crippen molar-refractivity contribution in [2.24, 2.45) is 0 Å². The van der Waals surface area contributed by atoms with Crippen molar-refractivity contribution < 1.29 is 92.3 Å². The van der Waals surface area contributed by atoms with E-state index in [-0.39, 0.29) is 12.8 Å². The molecule has 0 saturated heterocycles. The van der Waals surface area contributed by atoms with Crippen LogP contribution in [0.15, 0.2) is 0 Å². The molecule has 0 rings (SSSR count). The van der Waals surface area contributed by atoms with Gasteiger partial charge in [-0.25, -0.2) is 8.78 Å². The summed E-state index contributed by atoms with van der Waals surface area (Å²) in [6.45, 7) is -1.75. The summed E-state index contributed by atoms with van der Waals surface area (Å²) in [5.74, 6) is -74.5. The highest BCUT2D eigenvalue weighted by Crippen LogP contribution is 2.65. The first-order chi connectivity index (χ1) is 16.2. The van der Waals surface area contributed by atoms with Gasteiger partial charge in [-0.2, -0.15) is 79.0 Å². The van der Waals surface area contributed by atoms with Crippen molar-refractivity contribution in [3.8, 4) is 0 Å². The fraction of sp³-hybridized carbons (Fsp3) is 1.00. The molecule has 0 aliphatic carbocycles. The topological polar surface area (TPSA) is 0 Å². The van der Waals surface area contributed by atoms with Gasteiger partial charge in [0.15, 0.2) is 0 Å². The predicted molar refractivity (Wildman–Crippen MR) is 87.3 cm³/mol. The predicted octanol–water partition coefficient (Wildman–Crippen LogP) is 7.85. The fourth-order valence-electron chi connectivity index (χ4n) is 2.86. The molecule has 230 valence electrons. The van der Waals surface area contributed by atoms with Crippen molar-refractivity contribution in [1.82, 2.24) is 0 Å². The second kappa shape index (κ2) is 9.88. The van der Waals surface area contributed by atoms with E-state index >= 15 is 0 Å². The zero-order chi connectivity index (χ0) is 31.4. The molecule has 0 saturated carbocycles. The minimum Gasteiger partial charge on any atom is -0.323 e. The Hall–Kier alpha value is -1.44. The standard InChI is InChI=1S/C17H18F20N/c1-4-5-6-38(2,3)7-9(20,21)11(24,25)13(28,29)15(32,33)17(36,37)16(34,35)14(30,31)12(26,27)10(22,23)8(18)19/h8H,4-7H2,1-3H3/q+1. The molecule has 0 amide bonds. The zero-order valence-corrected chi connectivity index (χ0v) is 18.9. The molecular weight excluding hydrogens is 598 g/mol. The molecule has 0 spiro atoms. The summed E-state index contributed by atoms with van der Waals surface area (Å²) in [6, 6.07) is 0. The van der Waals surface area contributed by atoms with Crippen LogP contribution in [0.25, 0.3) is 0 Å². The van der Waals surface area contributed by atoms with Crippen LogP contribution in [0, 0.1) is 0 Å². The third-order valence-electron chi connectivity index (χ3n) is 5.26. The average molecular weight is 616 g/mol. The Bertz CT molecular complexity index is 814. The van der Waals surface area contributed by atoms with Crippen molar-refractivity contribution in [2.45, 2.75) is 79.5 Å². The van der Waals surface area contributed by atoms with Gasteiger partial charge >= 0.3 is 59.7 Å². The zero-order valence-electron chi connectivity index (χ0n) is 18.9. The lowest BCUT2D eigenvalue weighted by Crippen LogP contribution is -2.77. The van der Waals surface area contributed by atoms with Gasteiger partial charge in [0, 0.05) is 0 Å². The number of rotatable bonds is 14. The first-order valence-corrected chi connectivity index (χ1v) is 9.71. The molecule has 0 atom stereocenters. The van der Waals surface area contributed by atoms with Crippen LogP contribution in [0.2, 0.25) is 0 Å². The smallest absolute Gasteiger partial charge is 0.323 e. The molecule has 0 aromatic heterocycles. The normalized spacial score (nSPS) is 16.4. The van der Waals surface area contributed by atoms with E-state index in [0.717, 1.165) is 0 Å². The Labute approximate surface area is 200 Å². The van der Waals surface area contributed by atoms with Crippen LogP contribution in [0.4, 0.5) is 87.8 Å². The van der Waals surface area contributed by atoms with E-state index in [2.05, 4.69) is 0 Å². The van der Waals surface area contributed by atoms with Gasteiger partial charge in [0.2, 0.25) is 0 Å². The Balaban J connectivity index is 6.89. The number of unbranched alkanes of at least 4 members (excludes halogenated alkanes) is 1. The lowest BCUT2D eigenvalue weighted by molar-refractivity contribution is -0.900. The minimum atomic E-state index is -8.97. The van der Waals surface area contributed by atoms with Gasteiger partial charge in [-0.1, -0.05) is 13.3 Å². The van der Waals surface area contributed by atoms with E-state index in [9.17, 15) is 87.8 Å². The fourth-order valence-corrected chi connectivity index (χ4v) is 2.86. The van der Waals surface area contributed by atoms with Gasteiger partial charge in [-0.05, 0) is 6.42 Å². The summed E-state index contributed by atoms with van der Waals surface area (Å²) in [7, 11) is 1.23. The van der Waals surface area contributed by atoms with Crippen LogP contribution in [-0.2, 0) is 0 Å². The second-order valence-electron chi connectivity index (χ2n) is 8.82. The number of quaternary nitrogens is 1. The summed E-state index contributed by atoms with van der Waals surface area (Å²) in [5.41, 5.74) is 0. The molecule has 0 aliphatic rings. The van der Waals surface area contributed by atoms with E-state index in [1.54, 1.807) is 0 Å². The van der Waals surface area contributed by atoms with Crippen molar-refractivity contribution in [3.05, 3.63) is 0 Å². The molecule has 0 heterocycles. The van der Waals surface area contributed by atoms with E-state index < -0.39 is 77.3 Å². The molecule has 0 N–H and O–H groups in total. The third-order valence-corrected chi connectivity index (χ3v) is 5.26. The van der Waals surface area contributed by atoms with Crippen LogP contribution in [0.1, 0.15) is 19.8 Å².